The number of hydrogen-bond acceptors (Lipinski definition) is 3. The molecular formula is C14H22NO2P. The van der Waals surface area contributed by atoms with Crippen LogP contribution in [0.4, 0.5) is 0 Å². The second-order valence-corrected chi connectivity index (χ2v) is 7.58. The van der Waals surface area contributed by atoms with E-state index in [-0.39, 0.29) is 11.8 Å². The van der Waals surface area contributed by atoms with Crippen LogP contribution < -0.4 is 4.89 Å². The van der Waals surface area contributed by atoms with Crippen LogP contribution in [-0.4, -0.2) is 23.9 Å². The van der Waals surface area contributed by atoms with Gasteiger partial charge in [0.05, 0.1) is 0 Å². The van der Waals surface area contributed by atoms with E-state index in [2.05, 4.69) is 0 Å². The van der Waals surface area contributed by atoms with Crippen molar-refractivity contribution < 1.29 is 9.42 Å². The van der Waals surface area contributed by atoms with Gasteiger partial charge in [-0.1, -0.05) is 30.3 Å². The van der Waals surface area contributed by atoms with Crippen LogP contribution in [0.2, 0.25) is 0 Å². The molecule has 0 radical (unpaired) electrons. The third kappa shape index (κ3) is 2.60. The zero-order valence-electron chi connectivity index (χ0n) is 11.4. The molecule has 100 valence electrons. The van der Waals surface area contributed by atoms with Gasteiger partial charge >= 0.3 is 0 Å². The van der Waals surface area contributed by atoms with Gasteiger partial charge in [-0.2, -0.15) is 4.67 Å². The molecule has 4 heteroatoms. The summed E-state index contributed by atoms with van der Waals surface area (Å²) in [6.07, 6.45) is 1.05. The smallest absolute Gasteiger partial charge is 0.181 e. The molecular weight excluding hydrogens is 245 g/mol. The van der Waals surface area contributed by atoms with Gasteiger partial charge in [-0.05, 0) is 32.8 Å². The highest BCUT2D eigenvalue weighted by Gasteiger charge is 2.46. The van der Waals surface area contributed by atoms with Crippen molar-refractivity contribution in [2.75, 3.05) is 13.1 Å². The van der Waals surface area contributed by atoms with Crippen LogP contribution in [0, 0.1) is 0 Å². The molecule has 3 atom stereocenters. The molecule has 1 aliphatic heterocycles. The molecule has 0 saturated carbocycles. The van der Waals surface area contributed by atoms with Crippen molar-refractivity contribution in [2.24, 2.45) is 0 Å². The highest BCUT2D eigenvalue weighted by molar-refractivity contribution is 7.62. The van der Waals surface area contributed by atoms with Crippen LogP contribution in [0.1, 0.15) is 38.4 Å². The SMILES string of the molecule is CCN1CC[C@H](C)O[P+]1([O-])[C@H](C)c1ccccc1. The molecule has 1 saturated heterocycles. The lowest BCUT2D eigenvalue weighted by Gasteiger charge is -2.46. The van der Waals surface area contributed by atoms with Crippen LogP contribution in [0.3, 0.4) is 0 Å². The number of hydrogen-bond donors (Lipinski definition) is 0. The van der Waals surface area contributed by atoms with E-state index in [1.807, 2.05) is 55.8 Å². The first-order chi connectivity index (χ1) is 8.58. The minimum atomic E-state index is -2.76. The van der Waals surface area contributed by atoms with Crippen molar-refractivity contribution >= 4 is 7.87 Å². The second kappa shape index (κ2) is 5.66. The normalized spacial score (nSPS) is 31.2. The summed E-state index contributed by atoms with van der Waals surface area (Å²) >= 11 is 0. The molecule has 1 aliphatic rings. The Bertz CT molecular complexity index is 387. The van der Waals surface area contributed by atoms with E-state index in [9.17, 15) is 4.89 Å². The predicted molar refractivity (Wildman–Crippen MR) is 74.2 cm³/mol. The summed E-state index contributed by atoms with van der Waals surface area (Å²) in [7, 11) is -2.76. The molecule has 0 aliphatic carbocycles. The fourth-order valence-electron chi connectivity index (χ4n) is 2.46. The second-order valence-electron chi connectivity index (χ2n) is 4.90. The lowest BCUT2D eigenvalue weighted by atomic mass is 10.2. The van der Waals surface area contributed by atoms with E-state index in [0.29, 0.717) is 0 Å². The maximum Gasteiger partial charge on any atom is 0.181 e. The zero-order chi connectivity index (χ0) is 13.2. The topological polar surface area (TPSA) is 35.5 Å². The molecule has 1 aromatic carbocycles. The highest BCUT2D eigenvalue weighted by Crippen LogP contribution is 2.68. The van der Waals surface area contributed by atoms with Crippen molar-refractivity contribution in [3.8, 4) is 0 Å². The molecule has 18 heavy (non-hydrogen) atoms. The van der Waals surface area contributed by atoms with Crippen molar-refractivity contribution in [3.63, 3.8) is 0 Å². The zero-order valence-corrected chi connectivity index (χ0v) is 12.3. The summed E-state index contributed by atoms with van der Waals surface area (Å²) in [4.78, 5) is 13.2. The van der Waals surface area contributed by atoms with Crippen molar-refractivity contribution in [1.29, 1.82) is 0 Å². The predicted octanol–water partition coefficient (Wildman–Crippen LogP) is 3.00. The van der Waals surface area contributed by atoms with Crippen LogP contribution in [0.5, 0.6) is 0 Å². The Hall–Kier alpha value is -0.470. The fraction of sp³-hybridized carbons (Fsp3) is 0.571. The summed E-state index contributed by atoms with van der Waals surface area (Å²) in [6.45, 7) is 7.71. The molecule has 2 rings (SSSR count). The minimum absolute atomic E-state index is 0.0681. The van der Waals surface area contributed by atoms with Crippen LogP contribution in [0.25, 0.3) is 0 Å². The monoisotopic (exact) mass is 267 g/mol. The van der Waals surface area contributed by atoms with Crippen LogP contribution in [0.15, 0.2) is 30.3 Å². The van der Waals surface area contributed by atoms with E-state index < -0.39 is 7.87 Å². The summed E-state index contributed by atoms with van der Waals surface area (Å²) in [5, 5.41) is 0. The lowest BCUT2D eigenvalue weighted by Crippen LogP contribution is -2.42. The summed E-state index contributed by atoms with van der Waals surface area (Å²) < 4.78 is 7.89. The maximum atomic E-state index is 13.2. The average Bonchev–Trinajstić information content (AvgIpc) is 2.39. The van der Waals surface area contributed by atoms with Gasteiger partial charge in [0.1, 0.15) is 11.8 Å². The molecule has 0 amide bonds. The van der Waals surface area contributed by atoms with Gasteiger partial charge in [-0.3, -0.25) is 0 Å². The van der Waals surface area contributed by atoms with E-state index >= 15 is 0 Å². The van der Waals surface area contributed by atoms with E-state index in [1.54, 1.807) is 0 Å². The molecule has 1 unspecified atom stereocenters. The third-order valence-corrected chi connectivity index (χ3v) is 6.87. The summed E-state index contributed by atoms with van der Waals surface area (Å²) in [5.41, 5.74) is 1.02. The van der Waals surface area contributed by atoms with Crippen molar-refractivity contribution in [1.82, 2.24) is 4.67 Å². The van der Waals surface area contributed by atoms with Gasteiger partial charge in [-0.25, -0.2) is 4.52 Å². The first-order valence-corrected chi connectivity index (χ1v) is 8.31. The molecule has 0 aromatic heterocycles. The van der Waals surface area contributed by atoms with Gasteiger partial charge in [0.2, 0.25) is 0 Å². The third-order valence-electron chi connectivity index (χ3n) is 3.66. The van der Waals surface area contributed by atoms with Crippen molar-refractivity contribution in [2.45, 2.75) is 39.0 Å². The number of rotatable bonds is 3. The largest absolute Gasteiger partial charge is 0.641 e. The van der Waals surface area contributed by atoms with Gasteiger partial charge in [0.25, 0.3) is 0 Å². The molecule has 1 fully saturated rings. The minimum Gasteiger partial charge on any atom is -0.641 e. The Balaban J connectivity index is 2.27. The fourth-order valence-corrected chi connectivity index (χ4v) is 5.22. The molecule has 0 spiro atoms. The Kier molecular flexibility index (Phi) is 4.39. The van der Waals surface area contributed by atoms with Gasteiger partial charge in [0, 0.05) is 13.1 Å². The van der Waals surface area contributed by atoms with E-state index in [1.165, 1.54) is 0 Å². The first kappa shape index (κ1) is 14.0. The molecule has 0 bridgehead atoms. The maximum absolute atomic E-state index is 13.2. The lowest BCUT2D eigenvalue weighted by molar-refractivity contribution is -0.218. The Labute approximate surface area is 110 Å². The van der Waals surface area contributed by atoms with Crippen LogP contribution >= 0.6 is 7.87 Å². The average molecular weight is 267 g/mol. The summed E-state index contributed by atoms with van der Waals surface area (Å²) in [6, 6.07) is 10.0. The van der Waals surface area contributed by atoms with E-state index in [4.69, 9.17) is 4.52 Å². The van der Waals surface area contributed by atoms with Gasteiger partial charge in [-0.15, -0.1) is 0 Å². The molecule has 1 heterocycles. The Morgan fingerprint density at radius 3 is 2.72 bits per heavy atom. The van der Waals surface area contributed by atoms with Crippen molar-refractivity contribution in [3.05, 3.63) is 35.9 Å². The molecule has 3 nitrogen and oxygen atoms in total. The first-order valence-electron chi connectivity index (χ1n) is 6.66. The van der Waals surface area contributed by atoms with E-state index in [0.717, 1.165) is 25.1 Å². The number of benzene rings is 1. The Morgan fingerprint density at radius 2 is 2.11 bits per heavy atom. The highest BCUT2D eigenvalue weighted by atomic mass is 31.2. The molecule has 1 aromatic rings. The number of nitrogens with zero attached hydrogens (tertiary/aromatic N) is 1. The van der Waals surface area contributed by atoms with Gasteiger partial charge < -0.3 is 4.89 Å². The Morgan fingerprint density at radius 1 is 1.44 bits per heavy atom. The van der Waals surface area contributed by atoms with Crippen LogP contribution in [-0.2, 0) is 4.52 Å². The van der Waals surface area contributed by atoms with Gasteiger partial charge in [0.15, 0.2) is 7.87 Å². The molecule has 0 N–H and O–H groups in total. The summed E-state index contributed by atoms with van der Waals surface area (Å²) in [5.74, 6) is 0. The standard InChI is InChI=1S/C14H22NO2P/c1-4-15-11-10-12(2)17-18(15,16)13(3)14-8-6-5-7-9-14/h5-9,12-13H,4,10-11H2,1-3H3/t12-,13+,18?/m0/s1. The quantitative estimate of drug-likeness (QED) is 0.790.